The molecular formula is C16H23N3O2S. The maximum Gasteiger partial charge on any atom is 0.243 e. The second kappa shape index (κ2) is 8.10. The van der Waals surface area contributed by atoms with Crippen LogP contribution in [0.5, 0.6) is 0 Å². The van der Waals surface area contributed by atoms with Crippen LogP contribution in [0.4, 0.5) is 5.69 Å². The lowest BCUT2D eigenvalue weighted by molar-refractivity contribution is -0.116. The number of carbonyl (C=O) groups excluding carboxylic acids is 1. The summed E-state index contributed by atoms with van der Waals surface area (Å²) < 4.78 is 5.53. The van der Waals surface area contributed by atoms with Crippen LogP contribution in [0.15, 0.2) is 24.3 Å². The van der Waals surface area contributed by atoms with Gasteiger partial charge in [0.1, 0.15) is 0 Å². The third-order valence-electron chi connectivity index (χ3n) is 3.57. The van der Waals surface area contributed by atoms with Gasteiger partial charge in [-0.1, -0.05) is 17.7 Å². The van der Waals surface area contributed by atoms with Gasteiger partial charge in [-0.25, -0.2) is 0 Å². The van der Waals surface area contributed by atoms with Crippen LogP contribution in [0.25, 0.3) is 0 Å². The molecule has 2 N–H and O–H groups in total. The van der Waals surface area contributed by atoms with E-state index in [1.165, 1.54) is 0 Å². The van der Waals surface area contributed by atoms with E-state index in [-0.39, 0.29) is 18.6 Å². The molecule has 1 atom stereocenters. The summed E-state index contributed by atoms with van der Waals surface area (Å²) in [5, 5.41) is 6.58. The Morgan fingerprint density at radius 1 is 1.41 bits per heavy atom. The van der Waals surface area contributed by atoms with Crippen LogP contribution in [0, 0.1) is 6.92 Å². The van der Waals surface area contributed by atoms with E-state index >= 15 is 0 Å². The van der Waals surface area contributed by atoms with Crippen LogP contribution in [0.2, 0.25) is 0 Å². The topological polar surface area (TPSA) is 53.6 Å². The first-order valence-corrected chi connectivity index (χ1v) is 7.92. The van der Waals surface area contributed by atoms with Gasteiger partial charge in [0.05, 0.1) is 12.6 Å². The van der Waals surface area contributed by atoms with Gasteiger partial charge in [0.15, 0.2) is 5.11 Å². The molecule has 1 heterocycles. The number of likely N-dealkylation sites (N-methyl/N-ethyl adjacent to an activating group) is 1. The molecule has 0 radical (unpaired) electrons. The molecule has 0 aliphatic carbocycles. The van der Waals surface area contributed by atoms with Crippen molar-refractivity contribution in [2.45, 2.75) is 25.9 Å². The van der Waals surface area contributed by atoms with Crippen molar-refractivity contribution >= 4 is 28.9 Å². The molecule has 1 aliphatic heterocycles. The van der Waals surface area contributed by atoms with E-state index in [0.29, 0.717) is 11.7 Å². The molecule has 6 heteroatoms. The lowest BCUT2D eigenvalue weighted by atomic mass is 10.2. The Kier molecular flexibility index (Phi) is 6.15. The number of anilines is 1. The Labute approximate surface area is 137 Å². The van der Waals surface area contributed by atoms with Crippen molar-refractivity contribution in [3.63, 3.8) is 0 Å². The Bertz CT molecular complexity index is 513. The van der Waals surface area contributed by atoms with Crippen molar-refractivity contribution in [1.82, 2.24) is 10.2 Å². The monoisotopic (exact) mass is 321 g/mol. The number of hydrogen-bond acceptors (Lipinski definition) is 3. The van der Waals surface area contributed by atoms with Gasteiger partial charge in [0, 0.05) is 25.9 Å². The van der Waals surface area contributed by atoms with E-state index in [4.69, 9.17) is 17.0 Å². The van der Waals surface area contributed by atoms with Crippen molar-refractivity contribution in [3.8, 4) is 0 Å². The first-order valence-electron chi connectivity index (χ1n) is 7.51. The summed E-state index contributed by atoms with van der Waals surface area (Å²) in [6, 6.07) is 7.71. The Morgan fingerprint density at radius 2 is 2.14 bits per heavy atom. The third kappa shape index (κ3) is 5.27. The van der Waals surface area contributed by atoms with Crippen molar-refractivity contribution < 1.29 is 9.53 Å². The quantitative estimate of drug-likeness (QED) is 0.812. The van der Waals surface area contributed by atoms with Crippen LogP contribution in [-0.2, 0) is 9.53 Å². The van der Waals surface area contributed by atoms with Gasteiger partial charge in [-0.3, -0.25) is 4.79 Å². The zero-order valence-corrected chi connectivity index (χ0v) is 13.9. The summed E-state index contributed by atoms with van der Waals surface area (Å²) in [5.74, 6) is -0.0902. The zero-order chi connectivity index (χ0) is 15.9. The molecule has 1 aliphatic rings. The minimum Gasteiger partial charge on any atom is -0.376 e. The number of carbonyl (C=O) groups is 1. The fourth-order valence-corrected chi connectivity index (χ4v) is 2.41. The van der Waals surface area contributed by atoms with Crippen molar-refractivity contribution in [1.29, 1.82) is 0 Å². The largest absolute Gasteiger partial charge is 0.376 e. The lowest BCUT2D eigenvalue weighted by Crippen LogP contribution is -2.43. The van der Waals surface area contributed by atoms with Gasteiger partial charge in [-0.05, 0) is 44.1 Å². The van der Waals surface area contributed by atoms with Gasteiger partial charge in [0.25, 0.3) is 0 Å². The highest BCUT2D eigenvalue weighted by Gasteiger charge is 2.16. The molecule has 0 saturated carbocycles. The Hall–Kier alpha value is -1.66. The SMILES string of the molecule is Cc1ccc(NC(=O)CN(C)C(=S)NC[C@@H]2CCCO2)cc1. The van der Waals surface area contributed by atoms with Gasteiger partial charge in [0.2, 0.25) is 5.91 Å². The average Bonchev–Trinajstić information content (AvgIpc) is 3.00. The Morgan fingerprint density at radius 3 is 2.77 bits per heavy atom. The van der Waals surface area contributed by atoms with Gasteiger partial charge >= 0.3 is 0 Å². The fourth-order valence-electron chi connectivity index (χ4n) is 2.27. The molecule has 0 aromatic heterocycles. The molecule has 0 unspecified atom stereocenters. The van der Waals surface area contributed by atoms with Crippen LogP contribution in [0.3, 0.4) is 0 Å². The lowest BCUT2D eigenvalue weighted by Gasteiger charge is -2.21. The average molecular weight is 321 g/mol. The van der Waals surface area contributed by atoms with Gasteiger partial charge in [-0.2, -0.15) is 0 Å². The highest BCUT2D eigenvalue weighted by atomic mass is 32.1. The zero-order valence-electron chi connectivity index (χ0n) is 13.1. The van der Waals surface area contributed by atoms with E-state index in [2.05, 4.69) is 10.6 Å². The molecule has 1 amide bonds. The van der Waals surface area contributed by atoms with Gasteiger partial charge < -0.3 is 20.3 Å². The number of hydrogen-bond donors (Lipinski definition) is 2. The van der Waals surface area contributed by atoms with Crippen LogP contribution < -0.4 is 10.6 Å². The van der Waals surface area contributed by atoms with Gasteiger partial charge in [-0.15, -0.1) is 0 Å². The van der Waals surface area contributed by atoms with E-state index in [9.17, 15) is 4.79 Å². The number of rotatable bonds is 5. The second-order valence-electron chi connectivity index (χ2n) is 5.59. The first kappa shape index (κ1) is 16.7. The predicted octanol–water partition coefficient (Wildman–Crippen LogP) is 1.92. The number of benzene rings is 1. The molecule has 0 spiro atoms. The standard InChI is InChI=1S/C16H23N3O2S/c1-12-5-7-13(8-6-12)18-15(20)11-19(2)16(22)17-10-14-4-3-9-21-14/h5-8,14H,3-4,9-11H2,1-2H3,(H,17,22)(H,18,20)/t14-/m0/s1. The fraction of sp³-hybridized carbons (Fsp3) is 0.500. The number of amides is 1. The number of aryl methyl sites for hydroxylation is 1. The summed E-state index contributed by atoms with van der Waals surface area (Å²) >= 11 is 5.29. The third-order valence-corrected chi connectivity index (χ3v) is 4.02. The molecular weight excluding hydrogens is 298 g/mol. The highest BCUT2D eigenvalue weighted by Crippen LogP contribution is 2.11. The summed E-state index contributed by atoms with van der Waals surface area (Å²) in [6.45, 7) is 3.75. The van der Waals surface area contributed by atoms with E-state index < -0.39 is 0 Å². The molecule has 5 nitrogen and oxygen atoms in total. The van der Waals surface area contributed by atoms with Crippen molar-refractivity contribution in [2.24, 2.45) is 0 Å². The van der Waals surface area contributed by atoms with E-state index in [1.54, 1.807) is 11.9 Å². The number of nitrogens with one attached hydrogen (secondary N) is 2. The molecule has 22 heavy (non-hydrogen) atoms. The number of ether oxygens (including phenoxy) is 1. The minimum atomic E-state index is -0.0902. The summed E-state index contributed by atoms with van der Waals surface area (Å²) in [6.07, 6.45) is 2.40. The number of thiocarbonyl (C=S) groups is 1. The highest BCUT2D eigenvalue weighted by molar-refractivity contribution is 7.80. The van der Waals surface area contributed by atoms with Crippen LogP contribution in [0.1, 0.15) is 18.4 Å². The smallest absolute Gasteiger partial charge is 0.243 e. The minimum absolute atomic E-state index is 0.0902. The van der Waals surface area contributed by atoms with E-state index in [1.807, 2.05) is 31.2 Å². The molecule has 2 rings (SSSR count). The molecule has 1 aromatic rings. The first-order chi connectivity index (χ1) is 10.5. The maximum absolute atomic E-state index is 12.0. The predicted molar refractivity (Wildman–Crippen MR) is 92.0 cm³/mol. The van der Waals surface area contributed by atoms with Crippen molar-refractivity contribution in [3.05, 3.63) is 29.8 Å². The van der Waals surface area contributed by atoms with Crippen LogP contribution >= 0.6 is 12.2 Å². The summed E-state index contributed by atoms with van der Waals surface area (Å²) in [4.78, 5) is 13.7. The maximum atomic E-state index is 12.0. The molecule has 1 fully saturated rings. The molecule has 1 saturated heterocycles. The number of nitrogens with zero attached hydrogens (tertiary/aromatic N) is 1. The molecule has 1 aromatic carbocycles. The Balaban J connectivity index is 1.72. The molecule has 120 valence electrons. The summed E-state index contributed by atoms with van der Waals surface area (Å²) in [5.41, 5.74) is 1.96. The molecule has 0 bridgehead atoms. The van der Waals surface area contributed by atoms with Crippen LogP contribution in [-0.4, -0.2) is 48.8 Å². The normalized spacial score (nSPS) is 17.1. The van der Waals surface area contributed by atoms with Crippen molar-refractivity contribution in [2.75, 3.05) is 32.1 Å². The van der Waals surface area contributed by atoms with E-state index in [0.717, 1.165) is 30.7 Å². The second-order valence-corrected chi connectivity index (χ2v) is 5.98. The summed E-state index contributed by atoms with van der Waals surface area (Å²) in [7, 11) is 1.81.